The van der Waals surface area contributed by atoms with Crippen LogP contribution in [0, 0.1) is 0 Å². The molecule has 0 bridgehead atoms. The van der Waals surface area contributed by atoms with Gasteiger partial charge in [0.1, 0.15) is 17.2 Å². The van der Waals surface area contributed by atoms with Crippen LogP contribution in [0.4, 0.5) is 4.79 Å². The number of thioether (sulfide) groups is 1. The molecule has 5 nitrogen and oxygen atoms in total. The van der Waals surface area contributed by atoms with E-state index >= 15 is 0 Å². The molecule has 3 amide bonds. The molecule has 0 radical (unpaired) electrons. The number of nitrogens with zero attached hydrogens (tertiary/aromatic N) is 1. The maximum Gasteiger partial charge on any atom is 0.326 e. The molecule has 0 saturated carbocycles. The normalized spacial score (nSPS) is 25.4. The number of rotatable bonds is 3. The van der Waals surface area contributed by atoms with Gasteiger partial charge in [-0.25, -0.2) is 4.79 Å². The lowest BCUT2D eigenvalue weighted by Gasteiger charge is -2.21. The number of fused-ring (bicyclic) bond motifs is 1. The maximum atomic E-state index is 11.8. The standard InChI is InChI=1S/C13H14N2O3S/c1-2-18-9-5-3-8(4-6-9)12-15-10(7-19-12)11(16)14-13(15)17/h3-6,10,12H,2,7H2,1H3,(H,14,16,17)/t10-,12?/m0/s1. The fourth-order valence-corrected chi connectivity index (χ4v) is 3.79. The highest BCUT2D eigenvalue weighted by atomic mass is 32.2. The third kappa shape index (κ3) is 2.06. The molecule has 2 atom stereocenters. The van der Waals surface area contributed by atoms with Gasteiger partial charge < -0.3 is 4.74 Å². The zero-order chi connectivity index (χ0) is 13.4. The highest BCUT2D eigenvalue weighted by molar-refractivity contribution is 7.99. The Morgan fingerprint density at radius 1 is 1.37 bits per heavy atom. The Kier molecular flexibility index (Phi) is 3.10. The molecule has 1 N–H and O–H groups in total. The first kappa shape index (κ1) is 12.3. The molecule has 0 aromatic heterocycles. The molecule has 2 aliphatic heterocycles. The molecule has 2 saturated heterocycles. The largest absolute Gasteiger partial charge is 0.494 e. The lowest BCUT2D eigenvalue weighted by atomic mass is 10.2. The Bertz CT molecular complexity index is 517. The summed E-state index contributed by atoms with van der Waals surface area (Å²) < 4.78 is 5.39. The molecule has 2 heterocycles. The highest BCUT2D eigenvalue weighted by Gasteiger charge is 2.47. The van der Waals surface area contributed by atoms with Crippen molar-refractivity contribution in [1.82, 2.24) is 10.2 Å². The van der Waals surface area contributed by atoms with E-state index in [-0.39, 0.29) is 23.4 Å². The molecule has 0 aliphatic carbocycles. The van der Waals surface area contributed by atoms with Crippen molar-refractivity contribution in [2.45, 2.75) is 18.3 Å². The van der Waals surface area contributed by atoms with Gasteiger partial charge in [0.2, 0.25) is 0 Å². The summed E-state index contributed by atoms with van der Waals surface area (Å²) in [5.74, 6) is 1.27. The van der Waals surface area contributed by atoms with E-state index in [9.17, 15) is 9.59 Å². The summed E-state index contributed by atoms with van der Waals surface area (Å²) in [6.45, 7) is 2.56. The molecule has 100 valence electrons. The van der Waals surface area contributed by atoms with Crippen molar-refractivity contribution in [3.05, 3.63) is 29.8 Å². The monoisotopic (exact) mass is 278 g/mol. The summed E-state index contributed by atoms with van der Waals surface area (Å²) in [5.41, 5.74) is 1.01. The number of nitrogens with one attached hydrogen (secondary N) is 1. The van der Waals surface area contributed by atoms with Crippen molar-refractivity contribution < 1.29 is 14.3 Å². The summed E-state index contributed by atoms with van der Waals surface area (Å²) >= 11 is 1.62. The summed E-state index contributed by atoms with van der Waals surface area (Å²) in [5, 5.41) is 2.27. The van der Waals surface area contributed by atoms with Crippen LogP contribution < -0.4 is 10.1 Å². The van der Waals surface area contributed by atoms with Crippen molar-refractivity contribution in [2.24, 2.45) is 0 Å². The minimum Gasteiger partial charge on any atom is -0.494 e. The van der Waals surface area contributed by atoms with E-state index in [1.165, 1.54) is 0 Å². The van der Waals surface area contributed by atoms with Crippen molar-refractivity contribution in [3.8, 4) is 5.75 Å². The number of amides is 3. The van der Waals surface area contributed by atoms with E-state index in [0.717, 1.165) is 11.3 Å². The Morgan fingerprint density at radius 3 is 2.79 bits per heavy atom. The Morgan fingerprint density at radius 2 is 2.11 bits per heavy atom. The number of carbonyl (C=O) groups excluding carboxylic acids is 2. The second kappa shape index (κ2) is 4.77. The molecule has 3 rings (SSSR count). The zero-order valence-corrected chi connectivity index (χ0v) is 11.3. The maximum absolute atomic E-state index is 11.8. The number of hydrogen-bond acceptors (Lipinski definition) is 4. The highest BCUT2D eigenvalue weighted by Crippen LogP contribution is 2.43. The number of benzene rings is 1. The van der Waals surface area contributed by atoms with Crippen LogP contribution in [0.25, 0.3) is 0 Å². The lowest BCUT2D eigenvalue weighted by Crippen LogP contribution is -2.32. The van der Waals surface area contributed by atoms with Crippen molar-refractivity contribution >= 4 is 23.7 Å². The average Bonchev–Trinajstić information content (AvgIpc) is 2.94. The van der Waals surface area contributed by atoms with Gasteiger partial charge >= 0.3 is 6.03 Å². The first-order chi connectivity index (χ1) is 9.20. The molecule has 0 spiro atoms. The third-order valence-electron chi connectivity index (χ3n) is 3.24. The zero-order valence-electron chi connectivity index (χ0n) is 10.5. The van der Waals surface area contributed by atoms with Gasteiger partial charge in [0.05, 0.1) is 6.61 Å². The van der Waals surface area contributed by atoms with Gasteiger partial charge in [-0.1, -0.05) is 12.1 Å². The molecule has 1 unspecified atom stereocenters. The second-order valence-electron chi connectivity index (χ2n) is 4.41. The van der Waals surface area contributed by atoms with Gasteiger partial charge in [-0.15, -0.1) is 11.8 Å². The number of hydrogen-bond donors (Lipinski definition) is 1. The molecular weight excluding hydrogens is 264 g/mol. The van der Waals surface area contributed by atoms with Gasteiger partial charge in [0.25, 0.3) is 5.91 Å². The number of imide groups is 1. The second-order valence-corrected chi connectivity index (χ2v) is 5.52. The van der Waals surface area contributed by atoms with Crippen LogP contribution in [0.5, 0.6) is 5.75 Å². The Balaban J connectivity index is 1.83. The smallest absolute Gasteiger partial charge is 0.326 e. The third-order valence-corrected chi connectivity index (χ3v) is 4.57. The van der Waals surface area contributed by atoms with Crippen LogP contribution in [-0.2, 0) is 4.79 Å². The van der Waals surface area contributed by atoms with Crippen LogP contribution >= 0.6 is 11.8 Å². The van der Waals surface area contributed by atoms with Gasteiger partial charge in [-0.3, -0.25) is 15.0 Å². The van der Waals surface area contributed by atoms with Crippen LogP contribution in [0.2, 0.25) is 0 Å². The first-order valence-corrected chi connectivity index (χ1v) is 7.23. The summed E-state index contributed by atoms with van der Waals surface area (Å²) in [7, 11) is 0. The molecule has 6 heteroatoms. The minimum absolute atomic E-state index is 0.0906. The molecule has 1 aromatic rings. The molecule has 2 fully saturated rings. The summed E-state index contributed by atoms with van der Waals surface area (Å²) in [6, 6.07) is 7.06. The average molecular weight is 278 g/mol. The van der Waals surface area contributed by atoms with Crippen LogP contribution in [0.1, 0.15) is 17.9 Å². The quantitative estimate of drug-likeness (QED) is 0.856. The number of carbonyl (C=O) groups is 2. The first-order valence-electron chi connectivity index (χ1n) is 6.18. The predicted octanol–water partition coefficient (Wildman–Crippen LogP) is 1.75. The van der Waals surface area contributed by atoms with Crippen molar-refractivity contribution in [1.29, 1.82) is 0 Å². The van der Waals surface area contributed by atoms with Crippen LogP contribution in [-0.4, -0.2) is 35.2 Å². The predicted molar refractivity (Wildman–Crippen MR) is 72.0 cm³/mol. The minimum atomic E-state index is -0.325. The molecule has 1 aromatic carbocycles. The van der Waals surface area contributed by atoms with E-state index in [0.29, 0.717) is 12.4 Å². The Hall–Kier alpha value is -1.69. The van der Waals surface area contributed by atoms with E-state index in [1.807, 2.05) is 31.2 Å². The SMILES string of the molecule is CCOc1ccc(C2SC[C@H]3C(=O)NC(=O)N23)cc1. The number of urea groups is 1. The van der Waals surface area contributed by atoms with E-state index < -0.39 is 0 Å². The number of ether oxygens (including phenoxy) is 1. The van der Waals surface area contributed by atoms with Crippen LogP contribution in [0.3, 0.4) is 0 Å². The summed E-state index contributed by atoms with van der Waals surface area (Å²) in [6.07, 6.45) is 0. The van der Waals surface area contributed by atoms with Gasteiger partial charge in [0, 0.05) is 5.75 Å². The Labute approximate surface area is 115 Å². The van der Waals surface area contributed by atoms with Gasteiger partial charge in [-0.2, -0.15) is 0 Å². The molecule has 2 aliphatic rings. The molecular formula is C13H14N2O3S. The lowest BCUT2D eigenvalue weighted by molar-refractivity contribution is -0.120. The van der Waals surface area contributed by atoms with E-state index in [2.05, 4.69) is 5.32 Å². The van der Waals surface area contributed by atoms with Crippen molar-refractivity contribution in [2.75, 3.05) is 12.4 Å². The van der Waals surface area contributed by atoms with Gasteiger partial charge in [0.15, 0.2) is 0 Å². The van der Waals surface area contributed by atoms with Gasteiger partial charge in [-0.05, 0) is 24.6 Å². The molecule has 19 heavy (non-hydrogen) atoms. The van der Waals surface area contributed by atoms with E-state index in [1.54, 1.807) is 16.7 Å². The topological polar surface area (TPSA) is 58.6 Å². The summed E-state index contributed by atoms with van der Waals surface area (Å²) in [4.78, 5) is 25.0. The fourth-order valence-electron chi connectivity index (χ4n) is 2.36. The van der Waals surface area contributed by atoms with Crippen molar-refractivity contribution in [3.63, 3.8) is 0 Å². The van der Waals surface area contributed by atoms with Crippen LogP contribution in [0.15, 0.2) is 24.3 Å². The van der Waals surface area contributed by atoms with E-state index in [4.69, 9.17) is 4.74 Å². The fraction of sp³-hybridized carbons (Fsp3) is 0.385.